The van der Waals surface area contributed by atoms with E-state index in [-0.39, 0.29) is 6.10 Å². The molecule has 0 aliphatic carbocycles. The van der Waals surface area contributed by atoms with Crippen molar-refractivity contribution in [2.75, 3.05) is 19.7 Å². The number of ether oxygens (including phenoxy) is 1. The first kappa shape index (κ1) is 17.1. The van der Waals surface area contributed by atoms with Crippen molar-refractivity contribution in [3.63, 3.8) is 0 Å². The molecule has 2 aliphatic heterocycles. The van der Waals surface area contributed by atoms with E-state index in [0.717, 1.165) is 74.4 Å². The number of rotatable bonds is 6. The van der Waals surface area contributed by atoms with E-state index >= 15 is 0 Å². The molecule has 0 radical (unpaired) electrons. The molecule has 0 saturated carbocycles. The van der Waals surface area contributed by atoms with Crippen molar-refractivity contribution in [2.24, 2.45) is 0 Å². The van der Waals surface area contributed by atoms with E-state index in [1.807, 2.05) is 6.92 Å². The zero-order valence-corrected chi connectivity index (χ0v) is 15.4. The molecule has 8 heteroatoms. The van der Waals surface area contributed by atoms with E-state index < -0.39 is 0 Å². The maximum Gasteiger partial charge on any atom is 0.191 e. The summed E-state index contributed by atoms with van der Waals surface area (Å²) < 4.78 is 13.5. The van der Waals surface area contributed by atoms with E-state index in [1.54, 1.807) is 18.0 Å². The summed E-state index contributed by atoms with van der Waals surface area (Å²) in [6.45, 7) is 5.70. The molecule has 1 N–H and O–H groups in total. The average Bonchev–Trinajstić information content (AvgIpc) is 3.36. The van der Waals surface area contributed by atoms with Gasteiger partial charge in [-0.1, -0.05) is 11.8 Å². The normalized spacial score (nSPS) is 21.9. The van der Waals surface area contributed by atoms with Gasteiger partial charge in [-0.3, -0.25) is 0 Å². The van der Waals surface area contributed by atoms with E-state index in [1.165, 1.54) is 0 Å². The number of hydrogen-bond acceptors (Lipinski definition) is 7. The zero-order chi connectivity index (χ0) is 17.1. The maximum atomic E-state index is 5.86. The molecule has 0 bridgehead atoms. The highest BCUT2D eigenvalue weighted by molar-refractivity contribution is 7.98. The molecule has 2 fully saturated rings. The molecule has 4 rings (SSSR count). The molecule has 0 amide bonds. The summed E-state index contributed by atoms with van der Waals surface area (Å²) in [4.78, 5) is 4.38. The Bertz CT molecular complexity index is 689. The lowest BCUT2D eigenvalue weighted by atomic mass is 9.97. The Balaban J connectivity index is 1.52. The fourth-order valence-electron chi connectivity index (χ4n) is 3.57. The summed E-state index contributed by atoms with van der Waals surface area (Å²) in [5, 5.41) is 13.5. The van der Waals surface area contributed by atoms with Crippen molar-refractivity contribution in [2.45, 2.75) is 62.1 Å². The predicted molar refractivity (Wildman–Crippen MR) is 94.6 cm³/mol. The van der Waals surface area contributed by atoms with Gasteiger partial charge in [0.2, 0.25) is 0 Å². The smallest absolute Gasteiger partial charge is 0.191 e. The topological polar surface area (TPSA) is 78.0 Å². The van der Waals surface area contributed by atoms with Crippen LogP contribution in [0.25, 0.3) is 0 Å². The van der Waals surface area contributed by atoms with Gasteiger partial charge in [0.25, 0.3) is 0 Å². The molecule has 0 aromatic carbocycles. The molecule has 2 aliphatic rings. The third-order valence-electron chi connectivity index (χ3n) is 4.88. The number of nitrogens with zero attached hydrogens (tertiary/aromatic N) is 4. The second kappa shape index (κ2) is 7.88. The summed E-state index contributed by atoms with van der Waals surface area (Å²) in [6.07, 6.45) is 6.52. The highest BCUT2D eigenvalue weighted by atomic mass is 32.2. The van der Waals surface area contributed by atoms with Gasteiger partial charge in [0.1, 0.15) is 12.1 Å². The van der Waals surface area contributed by atoms with Gasteiger partial charge in [0.05, 0.1) is 18.3 Å². The third-order valence-corrected chi connectivity index (χ3v) is 5.88. The molecule has 0 spiro atoms. The van der Waals surface area contributed by atoms with Crippen LogP contribution in [0.1, 0.15) is 49.0 Å². The highest BCUT2D eigenvalue weighted by Crippen LogP contribution is 2.30. The number of oxazole rings is 1. The van der Waals surface area contributed by atoms with Gasteiger partial charge in [0.15, 0.2) is 11.0 Å². The molecule has 136 valence electrons. The quantitative estimate of drug-likeness (QED) is 0.790. The zero-order valence-electron chi connectivity index (χ0n) is 14.6. The maximum absolute atomic E-state index is 5.86. The van der Waals surface area contributed by atoms with Gasteiger partial charge in [-0.15, -0.1) is 10.2 Å². The molecule has 4 heterocycles. The largest absolute Gasteiger partial charge is 0.449 e. The second-order valence-electron chi connectivity index (χ2n) is 6.76. The Kier molecular flexibility index (Phi) is 5.38. The third kappa shape index (κ3) is 4.07. The van der Waals surface area contributed by atoms with Crippen molar-refractivity contribution in [1.82, 2.24) is 25.1 Å². The summed E-state index contributed by atoms with van der Waals surface area (Å²) >= 11 is 1.68. The minimum Gasteiger partial charge on any atom is -0.449 e. The van der Waals surface area contributed by atoms with E-state index in [0.29, 0.717) is 11.8 Å². The Hall–Kier alpha value is -1.38. The molecule has 25 heavy (non-hydrogen) atoms. The van der Waals surface area contributed by atoms with Crippen molar-refractivity contribution in [3.05, 3.63) is 23.7 Å². The Morgan fingerprint density at radius 1 is 1.28 bits per heavy atom. The summed E-state index contributed by atoms with van der Waals surface area (Å²) in [5.74, 6) is 3.05. The van der Waals surface area contributed by atoms with Crippen LogP contribution in [0, 0.1) is 6.92 Å². The van der Waals surface area contributed by atoms with E-state index in [9.17, 15) is 0 Å². The number of thioether (sulfide) groups is 1. The Labute approximate surface area is 151 Å². The second-order valence-corrected chi connectivity index (χ2v) is 7.70. The molecule has 2 saturated heterocycles. The van der Waals surface area contributed by atoms with Crippen LogP contribution >= 0.6 is 11.8 Å². The van der Waals surface area contributed by atoms with Gasteiger partial charge in [0, 0.05) is 25.2 Å². The number of hydrogen-bond donors (Lipinski definition) is 1. The number of nitrogens with one attached hydrogen (secondary N) is 1. The molecule has 1 unspecified atom stereocenters. The Morgan fingerprint density at radius 2 is 2.16 bits per heavy atom. The van der Waals surface area contributed by atoms with Crippen LogP contribution in [0.2, 0.25) is 0 Å². The van der Waals surface area contributed by atoms with Gasteiger partial charge in [-0.25, -0.2) is 4.98 Å². The van der Waals surface area contributed by atoms with Crippen LogP contribution in [-0.2, 0) is 17.0 Å². The van der Waals surface area contributed by atoms with Gasteiger partial charge in [-0.05, 0) is 38.8 Å². The molecular formula is C17H25N5O2S. The van der Waals surface area contributed by atoms with E-state index in [4.69, 9.17) is 9.15 Å². The molecular weight excluding hydrogens is 338 g/mol. The van der Waals surface area contributed by atoms with Crippen LogP contribution in [0.5, 0.6) is 0 Å². The van der Waals surface area contributed by atoms with Gasteiger partial charge in [-0.2, -0.15) is 0 Å². The first-order valence-electron chi connectivity index (χ1n) is 9.09. The SMILES string of the molecule is Cc1nc(CSc2nnc(C3CCNCC3)n2CC2CCCO2)co1. The standard InChI is InChI=1S/C17H25N5O2S/c1-12-19-14(10-24-12)11-25-17-21-20-16(13-4-6-18-7-5-13)22(17)9-15-3-2-8-23-15/h10,13,15,18H,2-9,11H2,1H3. The summed E-state index contributed by atoms with van der Waals surface area (Å²) in [5.41, 5.74) is 0.942. The minimum atomic E-state index is 0.283. The minimum absolute atomic E-state index is 0.283. The number of aromatic nitrogens is 4. The predicted octanol–water partition coefficient (Wildman–Crippen LogP) is 2.51. The van der Waals surface area contributed by atoms with Crippen LogP contribution < -0.4 is 5.32 Å². The summed E-state index contributed by atoms with van der Waals surface area (Å²) in [7, 11) is 0. The first-order valence-corrected chi connectivity index (χ1v) is 10.1. The Morgan fingerprint density at radius 3 is 2.88 bits per heavy atom. The molecule has 2 aromatic heterocycles. The molecule has 7 nitrogen and oxygen atoms in total. The van der Waals surface area contributed by atoms with Crippen molar-refractivity contribution < 1.29 is 9.15 Å². The number of piperidine rings is 1. The van der Waals surface area contributed by atoms with Crippen LogP contribution in [0.3, 0.4) is 0 Å². The van der Waals surface area contributed by atoms with Crippen LogP contribution in [0.15, 0.2) is 15.8 Å². The fraction of sp³-hybridized carbons (Fsp3) is 0.706. The van der Waals surface area contributed by atoms with E-state index in [2.05, 4.69) is 25.1 Å². The fourth-order valence-corrected chi connectivity index (χ4v) is 4.40. The highest BCUT2D eigenvalue weighted by Gasteiger charge is 2.26. The molecule has 2 aromatic rings. The summed E-state index contributed by atoms with van der Waals surface area (Å²) in [6, 6.07) is 0. The van der Waals surface area contributed by atoms with Crippen LogP contribution in [0.4, 0.5) is 0 Å². The van der Waals surface area contributed by atoms with Crippen LogP contribution in [-0.4, -0.2) is 45.5 Å². The monoisotopic (exact) mass is 363 g/mol. The first-order chi connectivity index (χ1) is 12.3. The van der Waals surface area contributed by atoms with Gasteiger partial charge < -0.3 is 19.0 Å². The lowest BCUT2D eigenvalue weighted by Crippen LogP contribution is -2.29. The lowest BCUT2D eigenvalue weighted by molar-refractivity contribution is 0.0936. The van der Waals surface area contributed by atoms with Crippen molar-refractivity contribution in [3.8, 4) is 0 Å². The average molecular weight is 363 g/mol. The van der Waals surface area contributed by atoms with Crippen molar-refractivity contribution in [1.29, 1.82) is 0 Å². The number of aryl methyl sites for hydroxylation is 1. The lowest BCUT2D eigenvalue weighted by Gasteiger charge is -2.23. The van der Waals surface area contributed by atoms with Crippen molar-refractivity contribution >= 4 is 11.8 Å². The van der Waals surface area contributed by atoms with Gasteiger partial charge >= 0.3 is 0 Å². The molecule has 1 atom stereocenters.